The van der Waals surface area contributed by atoms with Gasteiger partial charge < -0.3 is 10.4 Å². The lowest BCUT2D eigenvalue weighted by molar-refractivity contribution is 0.206. The lowest BCUT2D eigenvalue weighted by Gasteiger charge is -2.28. The molecule has 2 N–H and O–H groups in total. The first-order valence-electron chi connectivity index (χ1n) is 5.53. The molecular weight excluding hydrogens is 226 g/mol. The van der Waals surface area contributed by atoms with Crippen LogP contribution in [0.2, 0.25) is 0 Å². The molecule has 4 nitrogen and oxygen atoms in total. The van der Waals surface area contributed by atoms with Gasteiger partial charge in [-0.15, -0.1) is 0 Å². The Balaban J connectivity index is 4.19. The summed E-state index contributed by atoms with van der Waals surface area (Å²) >= 11 is 0. The third-order valence-corrected chi connectivity index (χ3v) is 5.10. The maximum absolute atomic E-state index is 11.5. The van der Waals surface area contributed by atoms with Crippen LogP contribution in [0.25, 0.3) is 0 Å². The van der Waals surface area contributed by atoms with E-state index in [1.807, 2.05) is 13.8 Å². The quantitative estimate of drug-likeness (QED) is 0.702. The molecule has 5 heteroatoms. The Bertz CT molecular complexity index is 307. The molecule has 0 fully saturated rings. The lowest BCUT2D eigenvalue weighted by Crippen LogP contribution is -2.44. The Kier molecular flexibility index (Phi) is 5.42. The molecular formula is C11H25NO3S. The van der Waals surface area contributed by atoms with Crippen LogP contribution in [-0.4, -0.2) is 44.2 Å². The summed E-state index contributed by atoms with van der Waals surface area (Å²) in [7, 11) is -3.04. The average Bonchev–Trinajstić information content (AvgIpc) is 2.00. The summed E-state index contributed by atoms with van der Waals surface area (Å²) in [5.74, 6) is 0. The molecule has 0 aromatic carbocycles. The zero-order chi connectivity index (χ0) is 13.0. The first kappa shape index (κ1) is 15.9. The van der Waals surface area contributed by atoms with Gasteiger partial charge >= 0.3 is 0 Å². The van der Waals surface area contributed by atoms with Gasteiger partial charge in [0.1, 0.15) is 0 Å². The third kappa shape index (κ3) is 5.27. The normalized spacial score (nSPS) is 14.1. The molecule has 0 rings (SSSR count). The van der Waals surface area contributed by atoms with E-state index >= 15 is 0 Å². The van der Waals surface area contributed by atoms with Crippen molar-refractivity contribution >= 4 is 9.84 Å². The molecule has 0 aliphatic heterocycles. The van der Waals surface area contributed by atoms with Crippen LogP contribution in [0.3, 0.4) is 0 Å². The molecule has 0 aromatic rings. The van der Waals surface area contributed by atoms with Crippen molar-refractivity contribution in [2.24, 2.45) is 5.41 Å². The van der Waals surface area contributed by atoms with Crippen molar-refractivity contribution in [3.8, 4) is 0 Å². The Morgan fingerprint density at radius 1 is 1.12 bits per heavy atom. The van der Waals surface area contributed by atoms with E-state index in [4.69, 9.17) is 5.11 Å². The molecule has 0 heterocycles. The highest BCUT2D eigenvalue weighted by Gasteiger charge is 2.30. The molecule has 16 heavy (non-hydrogen) atoms. The third-order valence-electron chi connectivity index (χ3n) is 2.95. The minimum Gasteiger partial charge on any atom is -0.396 e. The van der Waals surface area contributed by atoms with Gasteiger partial charge in [0, 0.05) is 26.0 Å². The maximum Gasteiger partial charge on any atom is 0.153 e. The second-order valence-corrected chi connectivity index (χ2v) is 8.42. The molecule has 0 aromatic heterocycles. The fourth-order valence-corrected chi connectivity index (χ4v) is 1.59. The van der Waals surface area contributed by atoms with Gasteiger partial charge in [-0.2, -0.15) is 0 Å². The van der Waals surface area contributed by atoms with Crippen LogP contribution in [0.4, 0.5) is 0 Å². The zero-order valence-electron chi connectivity index (χ0n) is 11.0. The number of nitrogens with one attached hydrogen (secondary N) is 1. The SMILES string of the molecule is CC(C)(CCO)CNCC(C)(C)S(C)(=O)=O. The fraction of sp³-hybridized carbons (Fsp3) is 1.00. The summed E-state index contributed by atoms with van der Waals surface area (Å²) in [4.78, 5) is 0. The number of hydrogen-bond donors (Lipinski definition) is 2. The number of aliphatic hydroxyl groups is 1. The summed E-state index contributed by atoms with van der Waals surface area (Å²) in [5.41, 5.74) is -0.0116. The van der Waals surface area contributed by atoms with Gasteiger partial charge in [0.25, 0.3) is 0 Å². The molecule has 0 aliphatic rings. The minimum atomic E-state index is -3.04. The van der Waals surface area contributed by atoms with Crippen molar-refractivity contribution in [3.05, 3.63) is 0 Å². The van der Waals surface area contributed by atoms with Crippen LogP contribution in [0.5, 0.6) is 0 Å². The van der Waals surface area contributed by atoms with E-state index in [0.717, 1.165) is 0 Å². The highest BCUT2D eigenvalue weighted by atomic mass is 32.2. The van der Waals surface area contributed by atoms with Crippen molar-refractivity contribution in [1.29, 1.82) is 0 Å². The molecule has 0 amide bonds. The van der Waals surface area contributed by atoms with Crippen molar-refractivity contribution in [2.75, 3.05) is 26.0 Å². The van der Waals surface area contributed by atoms with E-state index in [1.165, 1.54) is 6.26 Å². The molecule has 0 atom stereocenters. The fourth-order valence-electron chi connectivity index (χ4n) is 1.22. The molecule has 0 aliphatic carbocycles. The Morgan fingerprint density at radius 3 is 2.00 bits per heavy atom. The van der Waals surface area contributed by atoms with Crippen LogP contribution < -0.4 is 5.32 Å². The summed E-state index contributed by atoms with van der Waals surface area (Å²) in [6, 6.07) is 0. The molecule has 0 saturated heterocycles. The van der Waals surface area contributed by atoms with Gasteiger partial charge in [0.2, 0.25) is 0 Å². The first-order valence-corrected chi connectivity index (χ1v) is 7.42. The van der Waals surface area contributed by atoms with E-state index in [-0.39, 0.29) is 12.0 Å². The number of rotatable bonds is 7. The Morgan fingerprint density at radius 2 is 1.62 bits per heavy atom. The van der Waals surface area contributed by atoms with Crippen molar-refractivity contribution in [2.45, 2.75) is 38.9 Å². The van der Waals surface area contributed by atoms with Gasteiger partial charge in [-0.3, -0.25) is 0 Å². The van der Waals surface area contributed by atoms with Gasteiger partial charge in [0.05, 0.1) is 4.75 Å². The summed E-state index contributed by atoms with van der Waals surface area (Å²) < 4.78 is 22.2. The van der Waals surface area contributed by atoms with E-state index in [9.17, 15) is 8.42 Å². The van der Waals surface area contributed by atoms with Crippen molar-refractivity contribution in [1.82, 2.24) is 5.32 Å². The van der Waals surface area contributed by atoms with Crippen molar-refractivity contribution < 1.29 is 13.5 Å². The maximum atomic E-state index is 11.5. The largest absolute Gasteiger partial charge is 0.396 e. The Hall–Kier alpha value is -0.130. The summed E-state index contributed by atoms with van der Waals surface area (Å²) in [5, 5.41) is 12.0. The summed E-state index contributed by atoms with van der Waals surface area (Å²) in [6.45, 7) is 8.81. The second kappa shape index (κ2) is 5.47. The highest BCUT2D eigenvalue weighted by Crippen LogP contribution is 2.19. The Labute approximate surface area is 99.4 Å². The predicted molar refractivity (Wildman–Crippen MR) is 67.3 cm³/mol. The van der Waals surface area contributed by atoms with Gasteiger partial charge in [-0.25, -0.2) is 8.42 Å². The number of aliphatic hydroxyl groups excluding tert-OH is 1. The van der Waals surface area contributed by atoms with Crippen LogP contribution >= 0.6 is 0 Å². The van der Waals surface area contributed by atoms with Crippen LogP contribution in [0.1, 0.15) is 34.1 Å². The van der Waals surface area contributed by atoms with Crippen LogP contribution in [0.15, 0.2) is 0 Å². The lowest BCUT2D eigenvalue weighted by atomic mass is 9.89. The second-order valence-electron chi connectivity index (χ2n) is 5.77. The topological polar surface area (TPSA) is 66.4 Å². The first-order chi connectivity index (χ1) is 7.02. The molecule has 0 radical (unpaired) electrons. The summed E-state index contributed by atoms with van der Waals surface area (Å²) in [6.07, 6.45) is 1.97. The monoisotopic (exact) mass is 251 g/mol. The van der Waals surface area contributed by atoms with E-state index in [0.29, 0.717) is 19.5 Å². The zero-order valence-corrected chi connectivity index (χ0v) is 11.8. The van der Waals surface area contributed by atoms with Crippen LogP contribution in [0, 0.1) is 5.41 Å². The van der Waals surface area contributed by atoms with Crippen molar-refractivity contribution in [3.63, 3.8) is 0 Å². The van der Waals surface area contributed by atoms with Crippen LogP contribution in [-0.2, 0) is 9.84 Å². The number of sulfone groups is 1. The molecule has 0 bridgehead atoms. The van der Waals surface area contributed by atoms with E-state index in [2.05, 4.69) is 5.32 Å². The predicted octanol–water partition coefficient (Wildman–Crippen LogP) is 0.808. The van der Waals surface area contributed by atoms with Gasteiger partial charge in [-0.05, 0) is 25.7 Å². The standard InChI is InChI=1S/C11H25NO3S/c1-10(2,6-7-13)8-12-9-11(3,4)16(5,14)15/h12-13H,6-9H2,1-5H3. The average molecular weight is 251 g/mol. The van der Waals surface area contributed by atoms with E-state index in [1.54, 1.807) is 13.8 Å². The smallest absolute Gasteiger partial charge is 0.153 e. The molecule has 98 valence electrons. The van der Waals surface area contributed by atoms with Gasteiger partial charge in [0.15, 0.2) is 9.84 Å². The number of hydrogen-bond acceptors (Lipinski definition) is 4. The minimum absolute atomic E-state index is 0.0116. The highest BCUT2D eigenvalue weighted by molar-refractivity contribution is 7.92. The molecule has 0 unspecified atom stereocenters. The molecule has 0 saturated carbocycles. The van der Waals surface area contributed by atoms with E-state index < -0.39 is 14.6 Å². The molecule has 0 spiro atoms. The van der Waals surface area contributed by atoms with Gasteiger partial charge in [-0.1, -0.05) is 13.8 Å².